The highest BCUT2D eigenvalue weighted by atomic mass is 32.2. The summed E-state index contributed by atoms with van der Waals surface area (Å²) in [7, 11) is -2.47. The van der Waals surface area contributed by atoms with Crippen LogP contribution in [0.3, 0.4) is 0 Å². The minimum absolute atomic E-state index is 0.0392. The number of nitrogens with zero attached hydrogens (tertiary/aromatic N) is 2. The van der Waals surface area contributed by atoms with Crippen molar-refractivity contribution >= 4 is 15.9 Å². The van der Waals surface area contributed by atoms with Crippen molar-refractivity contribution in [1.29, 1.82) is 0 Å². The molecule has 0 radical (unpaired) electrons. The third-order valence-electron chi connectivity index (χ3n) is 5.24. The van der Waals surface area contributed by atoms with E-state index in [4.69, 9.17) is 4.74 Å². The highest BCUT2D eigenvalue weighted by Crippen LogP contribution is 2.25. The third-order valence-corrected chi connectivity index (χ3v) is 6.81. The lowest BCUT2D eigenvalue weighted by Gasteiger charge is -2.36. The molecular formula is C22H29N3O4S. The summed E-state index contributed by atoms with van der Waals surface area (Å²) in [4.78, 5) is 16.9. The van der Waals surface area contributed by atoms with Gasteiger partial charge in [0.15, 0.2) is 0 Å². The van der Waals surface area contributed by atoms with Crippen molar-refractivity contribution in [3.8, 4) is 5.75 Å². The molecule has 0 aromatic heterocycles. The number of methoxy groups -OCH3 is 1. The Labute approximate surface area is 178 Å². The average molecular weight is 432 g/mol. The smallest absolute Gasteiger partial charge is 0.244 e. The van der Waals surface area contributed by atoms with Gasteiger partial charge >= 0.3 is 0 Å². The molecule has 1 fully saturated rings. The zero-order valence-corrected chi connectivity index (χ0v) is 18.5. The molecule has 7 nitrogen and oxygen atoms in total. The van der Waals surface area contributed by atoms with Crippen molar-refractivity contribution in [3.63, 3.8) is 0 Å². The number of aryl methyl sites for hydroxylation is 1. The van der Waals surface area contributed by atoms with E-state index in [0.29, 0.717) is 13.1 Å². The first-order valence-electron chi connectivity index (χ1n) is 10.0. The Balaban J connectivity index is 1.59. The number of amides is 1. The molecule has 2 aromatic carbocycles. The Morgan fingerprint density at radius 2 is 1.77 bits per heavy atom. The number of benzene rings is 2. The number of carbonyl (C=O) groups excluding carboxylic acids is 1. The fourth-order valence-electron chi connectivity index (χ4n) is 3.58. The largest absolute Gasteiger partial charge is 0.495 e. The van der Waals surface area contributed by atoms with Crippen molar-refractivity contribution in [2.24, 2.45) is 0 Å². The maximum atomic E-state index is 12.8. The molecule has 0 unspecified atom stereocenters. The van der Waals surface area contributed by atoms with Crippen molar-refractivity contribution in [2.75, 3.05) is 33.3 Å². The summed E-state index contributed by atoms with van der Waals surface area (Å²) in [5, 5.41) is 0. The maximum absolute atomic E-state index is 12.8. The monoisotopic (exact) mass is 431 g/mol. The topological polar surface area (TPSA) is 78.9 Å². The highest BCUT2D eigenvalue weighted by molar-refractivity contribution is 7.89. The summed E-state index contributed by atoms with van der Waals surface area (Å²) in [5.74, 6) is 0.0341. The summed E-state index contributed by atoms with van der Waals surface area (Å²) in [6.07, 6.45) is 0. The molecule has 0 saturated carbocycles. The number of ether oxygens (including phenoxy) is 1. The lowest BCUT2D eigenvalue weighted by atomic mass is 10.2. The molecular weight excluding hydrogens is 402 g/mol. The van der Waals surface area contributed by atoms with Gasteiger partial charge in [0.1, 0.15) is 10.6 Å². The summed E-state index contributed by atoms with van der Waals surface area (Å²) < 4.78 is 33.4. The van der Waals surface area contributed by atoms with E-state index in [-0.39, 0.29) is 16.6 Å². The maximum Gasteiger partial charge on any atom is 0.244 e. The molecule has 1 aliphatic rings. The fraction of sp³-hybridized carbons (Fsp3) is 0.409. The van der Waals surface area contributed by atoms with Crippen LogP contribution in [0.5, 0.6) is 5.75 Å². The van der Waals surface area contributed by atoms with E-state index >= 15 is 0 Å². The number of hydrogen-bond donors (Lipinski definition) is 1. The van der Waals surface area contributed by atoms with Crippen LogP contribution in [0.2, 0.25) is 0 Å². The van der Waals surface area contributed by atoms with Gasteiger partial charge in [0.05, 0.1) is 13.2 Å². The number of piperazine rings is 1. The van der Waals surface area contributed by atoms with E-state index in [1.807, 2.05) is 25.1 Å². The van der Waals surface area contributed by atoms with E-state index in [1.165, 1.54) is 12.7 Å². The lowest BCUT2D eigenvalue weighted by Crippen LogP contribution is -2.53. The first-order chi connectivity index (χ1) is 14.3. The number of hydrogen-bond acceptors (Lipinski definition) is 5. The molecule has 1 atom stereocenters. The summed E-state index contributed by atoms with van der Waals surface area (Å²) in [5.41, 5.74) is 2.04. The van der Waals surface area contributed by atoms with Gasteiger partial charge in [-0.2, -0.15) is 4.72 Å². The fourth-order valence-corrected chi connectivity index (χ4v) is 5.03. The molecule has 0 spiro atoms. The van der Waals surface area contributed by atoms with Crippen LogP contribution in [-0.4, -0.2) is 63.5 Å². The van der Waals surface area contributed by atoms with Gasteiger partial charge in [0.2, 0.25) is 15.9 Å². The highest BCUT2D eigenvalue weighted by Gasteiger charge is 2.29. The van der Waals surface area contributed by atoms with Crippen molar-refractivity contribution in [1.82, 2.24) is 14.5 Å². The third kappa shape index (κ3) is 5.38. The van der Waals surface area contributed by atoms with Gasteiger partial charge in [-0.05, 0) is 37.1 Å². The predicted molar refractivity (Wildman–Crippen MR) is 116 cm³/mol. The summed E-state index contributed by atoms with van der Waals surface area (Å²) in [6, 6.07) is 14.3. The van der Waals surface area contributed by atoms with E-state index in [1.54, 1.807) is 30.0 Å². The second-order valence-corrected chi connectivity index (χ2v) is 9.27. The molecule has 1 aliphatic heterocycles. The van der Waals surface area contributed by atoms with Gasteiger partial charge < -0.3 is 9.64 Å². The normalized spacial score (nSPS) is 16.3. The van der Waals surface area contributed by atoms with Gasteiger partial charge in [-0.3, -0.25) is 9.69 Å². The van der Waals surface area contributed by atoms with Crippen LogP contribution in [0.4, 0.5) is 0 Å². The van der Waals surface area contributed by atoms with Crippen LogP contribution < -0.4 is 9.46 Å². The Hall–Kier alpha value is -2.42. The Morgan fingerprint density at radius 1 is 1.10 bits per heavy atom. The molecule has 1 saturated heterocycles. The first-order valence-corrected chi connectivity index (χ1v) is 11.5. The lowest BCUT2D eigenvalue weighted by molar-refractivity contribution is -0.134. The molecule has 1 heterocycles. The average Bonchev–Trinajstić information content (AvgIpc) is 2.74. The van der Waals surface area contributed by atoms with Crippen LogP contribution in [-0.2, 0) is 21.4 Å². The molecule has 0 bridgehead atoms. The van der Waals surface area contributed by atoms with Crippen molar-refractivity contribution in [2.45, 2.75) is 31.3 Å². The van der Waals surface area contributed by atoms with Gasteiger partial charge in [-0.1, -0.05) is 36.4 Å². The van der Waals surface area contributed by atoms with Gasteiger partial charge in [-0.15, -0.1) is 0 Å². The molecule has 3 rings (SSSR count). The molecule has 162 valence electrons. The van der Waals surface area contributed by atoms with Gasteiger partial charge in [0, 0.05) is 32.7 Å². The van der Waals surface area contributed by atoms with Crippen LogP contribution in [0.15, 0.2) is 53.4 Å². The SMILES string of the molecule is COc1ccc(C)cc1S(=O)(=O)N[C@H](C)C(=O)N1CCN(Cc2ccccc2)CC1. The minimum atomic E-state index is -3.89. The van der Waals surface area contributed by atoms with Crippen molar-refractivity contribution in [3.05, 3.63) is 59.7 Å². The molecule has 30 heavy (non-hydrogen) atoms. The quantitative estimate of drug-likeness (QED) is 0.726. The predicted octanol–water partition coefficient (Wildman–Crippen LogP) is 2.01. The first kappa shape index (κ1) is 22.3. The zero-order valence-electron chi connectivity index (χ0n) is 17.7. The number of rotatable bonds is 7. The summed E-state index contributed by atoms with van der Waals surface area (Å²) >= 11 is 0. The van der Waals surface area contributed by atoms with Crippen LogP contribution in [0.1, 0.15) is 18.1 Å². The van der Waals surface area contributed by atoms with E-state index in [0.717, 1.165) is 25.2 Å². The second kappa shape index (κ2) is 9.59. The van der Waals surface area contributed by atoms with E-state index < -0.39 is 16.1 Å². The van der Waals surface area contributed by atoms with Crippen LogP contribution >= 0.6 is 0 Å². The minimum Gasteiger partial charge on any atom is -0.495 e. The number of nitrogens with one attached hydrogen (secondary N) is 1. The van der Waals surface area contributed by atoms with Crippen LogP contribution in [0.25, 0.3) is 0 Å². The molecule has 2 aromatic rings. The van der Waals surface area contributed by atoms with E-state index in [2.05, 4.69) is 21.8 Å². The summed E-state index contributed by atoms with van der Waals surface area (Å²) in [6.45, 7) is 6.90. The van der Waals surface area contributed by atoms with Crippen LogP contribution in [0, 0.1) is 6.92 Å². The number of carbonyl (C=O) groups is 1. The Morgan fingerprint density at radius 3 is 2.40 bits per heavy atom. The Kier molecular flexibility index (Phi) is 7.12. The van der Waals surface area contributed by atoms with Gasteiger partial charge in [0.25, 0.3) is 0 Å². The molecule has 1 amide bonds. The number of sulfonamides is 1. The van der Waals surface area contributed by atoms with E-state index in [9.17, 15) is 13.2 Å². The Bertz CT molecular complexity index is 971. The standard InChI is InChI=1S/C22H29N3O4S/c1-17-9-10-20(29-3)21(15-17)30(27,28)23-18(2)22(26)25-13-11-24(12-14-25)16-19-7-5-4-6-8-19/h4-10,15,18,23H,11-14,16H2,1-3H3/t18-/m1/s1. The second-order valence-electron chi connectivity index (χ2n) is 7.58. The molecule has 0 aliphatic carbocycles. The zero-order chi connectivity index (χ0) is 21.7. The van der Waals surface area contributed by atoms with Crippen molar-refractivity contribution < 1.29 is 17.9 Å². The molecule has 8 heteroatoms. The molecule has 1 N–H and O–H groups in total. The van der Waals surface area contributed by atoms with Gasteiger partial charge in [-0.25, -0.2) is 8.42 Å².